The van der Waals surface area contributed by atoms with Gasteiger partial charge in [-0.15, -0.1) is 0 Å². The molecular weight excluding hydrogens is 178 g/mol. The summed E-state index contributed by atoms with van der Waals surface area (Å²) in [5.41, 5.74) is 5.35. The van der Waals surface area contributed by atoms with Crippen LogP contribution in [0.15, 0.2) is 5.16 Å². The average molecular weight is 201 g/mol. The van der Waals surface area contributed by atoms with Crippen LogP contribution in [0.1, 0.15) is 40.0 Å². The highest BCUT2D eigenvalue weighted by Crippen LogP contribution is 2.08. The molecule has 0 saturated carbocycles. The van der Waals surface area contributed by atoms with Crippen LogP contribution in [0.25, 0.3) is 0 Å². The zero-order valence-electron chi connectivity index (χ0n) is 9.45. The summed E-state index contributed by atoms with van der Waals surface area (Å²) in [6.45, 7) is 7.39. The molecule has 4 N–H and O–H groups in total. The maximum absolute atomic E-state index is 8.32. The Kier molecular flexibility index (Phi) is 7.20. The van der Waals surface area contributed by atoms with Gasteiger partial charge in [0.2, 0.25) is 0 Å². The van der Waals surface area contributed by atoms with Gasteiger partial charge in [0.05, 0.1) is 0 Å². The summed E-state index contributed by atoms with van der Waals surface area (Å²) >= 11 is 0. The highest BCUT2D eigenvalue weighted by molar-refractivity contribution is 5.79. The Morgan fingerprint density at radius 2 is 2.14 bits per heavy atom. The largest absolute Gasteiger partial charge is 0.409 e. The zero-order valence-corrected chi connectivity index (χ0v) is 9.45. The molecular formula is C10H23N3O. The third-order valence-corrected chi connectivity index (χ3v) is 2.46. The molecule has 0 bridgehead atoms. The number of rotatable bonds is 7. The summed E-state index contributed by atoms with van der Waals surface area (Å²) in [6.07, 6.45) is 2.99. The van der Waals surface area contributed by atoms with Crippen LogP contribution >= 0.6 is 0 Å². The smallest absolute Gasteiger partial charge is 0.140 e. The van der Waals surface area contributed by atoms with Gasteiger partial charge < -0.3 is 16.3 Å². The normalized spacial score (nSPS) is 16.6. The summed E-state index contributed by atoms with van der Waals surface area (Å²) in [4.78, 5) is 0. The molecule has 0 aromatic carbocycles. The first kappa shape index (κ1) is 13.2. The Morgan fingerprint density at radius 1 is 1.50 bits per heavy atom. The third-order valence-electron chi connectivity index (χ3n) is 2.46. The van der Waals surface area contributed by atoms with E-state index in [9.17, 15) is 0 Å². The Hall–Kier alpha value is -0.770. The number of oxime groups is 1. The van der Waals surface area contributed by atoms with Crippen LogP contribution in [0, 0.1) is 5.92 Å². The van der Waals surface area contributed by atoms with E-state index in [1.807, 2.05) is 0 Å². The fourth-order valence-electron chi connectivity index (χ4n) is 1.35. The summed E-state index contributed by atoms with van der Waals surface area (Å²) < 4.78 is 0. The maximum Gasteiger partial charge on any atom is 0.140 e. The molecule has 14 heavy (non-hydrogen) atoms. The van der Waals surface area contributed by atoms with Crippen LogP contribution in [0.5, 0.6) is 0 Å². The van der Waals surface area contributed by atoms with E-state index in [0.29, 0.717) is 12.5 Å². The molecule has 0 aromatic heterocycles. The van der Waals surface area contributed by atoms with Crippen molar-refractivity contribution in [1.82, 2.24) is 5.32 Å². The molecule has 0 aliphatic heterocycles. The van der Waals surface area contributed by atoms with Gasteiger partial charge in [-0.1, -0.05) is 25.4 Å². The predicted octanol–water partition coefficient (Wildman–Crippen LogP) is 1.54. The molecule has 0 heterocycles. The van der Waals surface area contributed by atoms with Crippen LogP contribution in [0.4, 0.5) is 0 Å². The molecule has 4 nitrogen and oxygen atoms in total. The molecule has 0 aliphatic carbocycles. The van der Waals surface area contributed by atoms with Crippen molar-refractivity contribution >= 4 is 5.84 Å². The molecule has 2 unspecified atom stereocenters. The van der Waals surface area contributed by atoms with Gasteiger partial charge in [0.15, 0.2) is 0 Å². The molecule has 84 valence electrons. The van der Waals surface area contributed by atoms with Crippen molar-refractivity contribution in [2.75, 3.05) is 6.54 Å². The summed E-state index contributed by atoms with van der Waals surface area (Å²) in [5.74, 6) is 1.04. The van der Waals surface area contributed by atoms with Crippen LogP contribution in [-0.4, -0.2) is 23.6 Å². The Morgan fingerprint density at radius 3 is 2.64 bits per heavy atom. The first-order valence-corrected chi connectivity index (χ1v) is 5.29. The van der Waals surface area contributed by atoms with Crippen molar-refractivity contribution < 1.29 is 5.21 Å². The van der Waals surface area contributed by atoms with E-state index in [-0.39, 0.29) is 5.84 Å². The zero-order chi connectivity index (χ0) is 11.0. The average Bonchev–Trinajstić information content (AvgIpc) is 2.17. The van der Waals surface area contributed by atoms with Gasteiger partial charge in [-0.2, -0.15) is 0 Å². The second kappa shape index (κ2) is 7.62. The van der Waals surface area contributed by atoms with Crippen LogP contribution in [-0.2, 0) is 0 Å². The lowest BCUT2D eigenvalue weighted by Gasteiger charge is -2.17. The Bertz CT molecular complexity index is 171. The van der Waals surface area contributed by atoms with Crippen molar-refractivity contribution in [3.8, 4) is 0 Å². The second-order valence-electron chi connectivity index (χ2n) is 3.95. The molecule has 0 amide bonds. The first-order chi connectivity index (χ1) is 6.60. The Labute approximate surface area is 86.6 Å². The van der Waals surface area contributed by atoms with Crippen molar-refractivity contribution in [1.29, 1.82) is 0 Å². The highest BCUT2D eigenvalue weighted by Gasteiger charge is 2.06. The van der Waals surface area contributed by atoms with E-state index in [1.165, 1.54) is 12.8 Å². The lowest BCUT2D eigenvalue weighted by molar-refractivity contribution is 0.316. The molecule has 0 spiro atoms. The number of hydrogen-bond acceptors (Lipinski definition) is 3. The molecule has 0 aromatic rings. The van der Waals surface area contributed by atoms with Crippen molar-refractivity contribution in [2.24, 2.45) is 16.8 Å². The third kappa shape index (κ3) is 6.71. The van der Waals surface area contributed by atoms with E-state index in [4.69, 9.17) is 10.9 Å². The summed E-state index contributed by atoms with van der Waals surface area (Å²) in [6, 6.07) is 0.497. The number of nitrogens with one attached hydrogen (secondary N) is 1. The molecule has 2 atom stereocenters. The van der Waals surface area contributed by atoms with Crippen molar-refractivity contribution in [3.05, 3.63) is 0 Å². The quantitative estimate of drug-likeness (QED) is 0.253. The summed E-state index contributed by atoms with van der Waals surface area (Å²) in [7, 11) is 0. The second-order valence-corrected chi connectivity index (χ2v) is 3.95. The fourth-order valence-corrected chi connectivity index (χ4v) is 1.35. The summed E-state index contributed by atoms with van der Waals surface area (Å²) in [5, 5.41) is 14.6. The van der Waals surface area contributed by atoms with Gasteiger partial charge in [-0.05, 0) is 19.3 Å². The standard InChI is InChI=1S/C10H23N3O/c1-4-8(2)7-9(3)12-6-5-10(11)13-14/h8-9,12,14H,4-7H2,1-3H3,(H2,11,13). The van der Waals surface area contributed by atoms with Gasteiger partial charge in [0.1, 0.15) is 5.84 Å². The first-order valence-electron chi connectivity index (χ1n) is 5.29. The number of amidine groups is 1. The van der Waals surface area contributed by atoms with Gasteiger partial charge in [-0.3, -0.25) is 0 Å². The van der Waals surface area contributed by atoms with Crippen molar-refractivity contribution in [2.45, 2.75) is 46.1 Å². The minimum atomic E-state index is 0.285. The van der Waals surface area contributed by atoms with Gasteiger partial charge in [0.25, 0.3) is 0 Å². The number of nitrogens with zero attached hydrogens (tertiary/aromatic N) is 1. The lowest BCUT2D eigenvalue weighted by Crippen LogP contribution is -2.31. The van der Waals surface area contributed by atoms with E-state index in [1.54, 1.807) is 0 Å². The topological polar surface area (TPSA) is 70.6 Å². The number of hydrogen-bond donors (Lipinski definition) is 3. The van der Waals surface area contributed by atoms with Crippen LogP contribution in [0.3, 0.4) is 0 Å². The highest BCUT2D eigenvalue weighted by atomic mass is 16.4. The van der Waals surface area contributed by atoms with Crippen LogP contribution < -0.4 is 11.1 Å². The predicted molar refractivity (Wildman–Crippen MR) is 59.6 cm³/mol. The molecule has 0 aliphatic rings. The Balaban J connectivity index is 3.49. The van der Waals surface area contributed by atoms with E-state index in [2.05, 4.69) is 31.2 Å². The molecule has 0 saturated heterocycles. The van der Waals surface area contributed by atoms with E-state index < -0.39 is 0 Å². The van der Waals surface area contributed by atoms with Crippen molar-refractivity contribution in [3.63, 3.8) is 0 Å². The minimum absolute atomic E-state index is 0.285. The van der Waals surface area contributed by atoms with Gasteiger partial charge in [0, 0.05) is 19.0 Å². The van der Waals surface area contributed by atoms with E-state index >= 15 is 0 Å². The molecule has 0 rings (SSSR count). The molecule has 0 radical (unpaired) electrons. The SMILES string of the molecule is CCC(C)CC(C)NCCC(N)=NO. The lowest BCUT2D eigenvalue weighted by atomic mass is 10.0. The van der Waals surface area contributed by atoms with Gasteiger partial charge >= 0.3 is 0 Å². The minimum Gasteiger partial charge on any atom is -0.409 e. The number of nitrogens with two attached hydrogens (primary N) is 1. The fraction of sp³-hybridized carbons (Fsp3) is 0.900. The van der Waals surface area contributed by atoms with E-state index in [0.717, 1.165) is 12.5 Å². The molecule has 0 fully saturated rings. The monoisotopic (exact) mass is 201 g/mol. The van der Waals surface area contributed by atoms with Gasteiger partial charge in [-0.25, -0.2) is 0 Å². The molecule has 4 heteroatoms. The van der Waals surface area contributed by atoms with Crippen LogP contribution in [0.2, 0.25) is 0 Å². The maximum atomic E-state index is 8.32.